The fourth-order valence-corrected chi connectivity index (χ4v) is 13.0. The summed E-state index contributed by atoms with van der Waals surface area (Å²) in [6.07, 6.45) is 68.3. The zero-order valence-corrected chi connectivity index (χ0v) is 64.8. The normalized spacial score (nSPS) is 14.1. The van der Waals surface area contributed by atoms with E-state index in [1.54, 1.807) is 0 Å². The average Bonchev–Trinajstić information content (AvgIpc) is 1.04. The first-order valence-corrected chi connectivity index (χ1v) is 43.2. The monoisotopic (exact) mass is 1430 g/mol. The van der Waals surface area contributed by atoms with E-state index in [4.69, 9.17) is 37.0 Å². The van der Waals surface area contributed by atoms with E-state index in [1.165, 1.54) is 180 Å². The lowest BCUT2D eigenvalue weighted by molar-refractivity contribution is -0.161. The van der Waals surface area contributed by atoms with Crippen LogP contribution in [0.1, 0.15) is 387 Å². The van der Waals surface area contributed by atoms with Gasteiger partial charge in [-0.05, 0) is 83.5 Å². The Morgan fingerprint density at radius 3 is 0.796 bits per heavy atom. The Hall–Kier alpha value is -2.72. The number of aliphatic hydroxyl groups excluding tert-OH is 1. The Labute approximate surface area is 598 Å². The third-order valence-electron chi connectivity index (χ3n) is 17.6. The van der Waals surface area contributed by atoms with Crippen molar-refractivity contribution in [1.82, 2.24) is 0 Å². The van der Waals surface area contributed by atoms with Gasteiger partial charge in [-0.15, -0.1) is 0 Å². The Morgan fingerprint density at radius 2 is 0.500 bits per heavy atom. The van der Waals surface area contributed by atoms with Crippen molar-refractivity contribution >= 4 is 39.5 Å². The van der Waals surface area contributed by atoms with Crippen LogP contribution in [0.25, 0.3) is 0 Å². The molecule has 5 atom stereocenters. The lowest BCUT2D eigenvalue weighted by Gasteiger charge is -2.21. The van der Waals surface area contributed by atoms with Gasteiger partial charge in [-0.2, -0.15) is 0 Å². The fraction of sp³-hybridized carbons (Fsp3) is 0.873. The number of hydrogen-bond donors (Lipinski definition) is 3. The molecule has 0 bridgehead atoms. The molecule has 0 radical (unpaired) electrons. The second-order valence-corrected chi connectivity index (χ2v) is 30.3. The minimum Gasteiger partial charge on any atom is -0.462 e. The van der Waals surface area contributed by atoms with Crippen molar-refractivity contribution in [1.29, 1.82) is 0 Å². The largest absolute Gasteiger partial charge is 0.472 e. The number of unbranched alkanes of at least 4 members (excludes halogenated alkanes) is 45. The molecular formula is C79H148O17P2. The first kappa shape index (κ1) is 95.3. The van der Waals surface area contributed by atoms with Crippen molar-refractivity contribution in [2.24, 2.45) is 0 Å². The highest BCUT2D eigenvalue weighted by Crippen LogP contribution is 2.45. The van der Waals surface area contributed by atoms with Crippen LogP contribution >= 0.6 is 15.6 Å². The second kappa shape index (κ2) is 72.6. The summed E-state index contributed by atoms with van der Waals surface area (Å²) in [5.41, 5.74) is 0. The van der Waals surface area contributed by atoms with E-state index in [9.17, 15) is 43.2 Å². The lowest BCUT2D eigenvalue weighted by Crippen LogP contribution is -2.30. The van der Waals surface area contributed by atoms with E-state index in [-0.39, 0.29) is 25.7 Å². The molecule has 0 fully saturated rings. The number of carbonyl (C=O) groups excluding carboxylic acids is 4. The van der Waals surface area contributed by atoms with Gasteiger partial charge in [0, 0.05) is 25.7 Å². The number of carbonyl (C=O) groups is 4. The maximum absolute atomic E-state index is 13.1. The summed E-state index contributed by atoms with van der Waals surface area (Å²) in [7, 11) is -9.93. The summed E-state index contributed by atoms with van der Waals surface area (Å²) in [5.74, 6) is -2.15. The number of phosphoric acid groups is 2. The lowest BCUT2D eigenvalue weighted by atomic mass is 10.0. The molecule has 0 rings (SSSR count). The number of hydrogen-bond acceptors (Lipinski definition) is 15. The molecule has 3 N–H and O–H groups in total. The van der Waals surface area contributed by atoms with Gasteiger partial charge in [0.1, 0.15) is 19.3 Å². The van der Waals surface area contributed by atoms with Crippen LogP contribution in [0.3, 0.4) is 0 Å². The van der Waals surface area contributed by atoms with Crippen LogP contribution in [-0.4, -0.2) is 96.7 Å². The summed E-state index contributed by atoms with van der Waals surface area (Å²) in [6, 6.07) is 0. The van der Waals surface area contributed by atoms with E-state index >= 15 is 0 Å². The highest BCUT2D eigenvalue weighted by molar-refractivity contribution is 7.47. The van der Waals surface area contributed by atoms with Gasteiger partial charge in [-0.3, -0.25) is 37.3 Å². The van der Waals surface area contributed by atoms with Crippen LogP contribution in [-0.2, 0) is 65.4 Å². The Morgan fingerprint density at radius 1 is 0.286 bits per heavy atom. The SMILES string of the molecule is CCCCC/C=C\C/C=C\CCCCCCCC(=O)OC[C@H](COP(=O)(O)OC[C@@H](O)COP(=O)(O)OC[C@@H](COC(=O)CCCCCCCCCCCCCCCCC)OC(=O)CCCCCCC/C=C\CCCCCC)OC(=O)CCCCCCCCCCCCCCCCC. The van der Waals surface area contributed by atoms with Crippen LogP contribution in [0.4, 0.5) is 0 Å². The maximum Gasteiger partial charge on any atom is 0.472 e. The number of ether oxygens (including phenoxy) is 4. The van der Waals surface area contributed by atoms with E-state index in [0.29, 0.717) is 25.7 Å². The van der Waals surface area contributed by atoms with Crippen LogP contribution < -0.4 is 0 Å². The summed E-state index contributed by atoms with van der Waals surface area (Å²) < 4.78 is 68.6. The molecule has 0 aliphatic carbocycles. The minimum atomic E-state index is -4.97. The van der Waals surface area contributed by atoms with Gasteiger partial charge in [0.2, 0.25) is 0 Å². The maximum atomic E-state index is 13.1. The molecule has 17 nitrogen and oxygen atoms in total. The third-order valence-corrected chi connectivity index (χ3v) is 19.5. The number of allylic oxidation sites excluding steroid dienone is 6. The number of rotatable bonds is 77. The molecule has 19 heteroatoms. The second-order valence-electron chi connectivity index (χ2n) is 27.4. The molecule has 0 heterocycles. The highest BCUT2D eigenvalue weighted by atomic mass is 31.2. The summed E-state index contributed by atoms with van der Waals surface area (Å²) >= 11 is 0. The van der Waals surface area contributed by atoms with Crippen molar-refractivity contribution in [3.8, 4) is 0 Å². The Bertz CT molecular complexity index is 2000. The van der Waals surface area contributed by atoms with Crippen molar-refractivity contribution in [2.45, 2.75) is 406 Å². The third kappa shape index (κ3) is 71.7. The van der Waals surface area contributed by atoms with Crippen LogP contribution in [0, 0.1) is 0 Å². The van der Waals surface area contributed by atoms with Crippen LogP contribution in [0.15, 0.2) is 36.5 Å². The van der Waals surface area contributed by atoms with Gasteiger partial charge in [0.25, 0.3) is 0 Å². The first-order valence-electron chi connectivity index (χ1n) is 40.2. The summed E-state index contributed by atoms with van der Waals surface area (Å²) in [6.45, 7) is 4.91. The number of aliphatic hydroxyl groups is 1. The quantitative estimate of drug-likeness (QED) is 0.0169. The summed E-state index contributed by atoms with van der Waals surface area (Å²) in [5, 5.41) is 10.6. The Kier molecular flexibility index (Phi) is 70.6. The molecule has 0 saturated carbocycles. The molecular weight excluding hydrogens is 1280 g/mol. The van der Waals surface area contributed by atoms with Crippen molar-refractivity contribution in [2.75, 3.05) is 39.6 Å². The zero-order chi connectivity index (χ0) is 71.8. The van der Waals surface area contributed by atoms with E-state index in [0.717, 1.165) is 128 Å². The van der Waals surface area contributed by atoms with Gasteiger partial charge in [0.05, 0.1) is 26.4 Å². The van der Waals surface area contributed by atoms with Gasteiger partial charge < -0.3 is 33.8 Å². The van der Waals surface area contributed by atoms with Gasteiger partial charge >= 0.3 is 39.5 Å². The van der Waals surface area contributed by atoms with Crippen LogP contribution in [0.2, 0.25) is 0 Å². The van der Waals surface area contributed by atoms with E-state index in [1.807, 2.05) is 0 Å². The number of esters is 4. The molecule has 0 aliphatic rings. The van der Waals surface area contributed by atoms with E-state index in [2.05, 4.69) is 64.2 Å². The standard InChI is InChI=1S/C79H148O17P2/c1-5-9-13-17-21-25-29-33-36-40-43-47-51-55-59-63-76(81)89-69-74(95-78(83)65-61-57-53-49-45-39-32-28-24-20-16-12-8-4)71-93-97(85,86)91-67-73(80)68-92-98(87,88)94-72-75(96-79(84)66-62-58-54-50-46-42-38-35-31-27-23-19-15-11-7-3)70-90-77(82)64-60-56-52-48-44-41-37-34-30-26-22-18-14-10-6-2/h22,26,28,32,34,37,73-75,80H,5-21,23-25,27,29-31,33,35-36,38-72H2,1-4H3,(H,85,86)(H,87,88)/b26-22-,32-28-,37-34-/t73-,74+,75+/m0/s1. The predicted octanol–water partition coefficient (Wildman–Crippen LogP) is 23.1. The fourth-order valence-electron chi connectivity index (χ4n) is 11.4. The minimum absolute atomic E-state index is 0.0924. The predicted molar refractivity (Wildman–Crippen MR) is 400 cm³/mol. The molecule has 0 aromatic carbocycles. The topological polar surface area (TPSA) is 237 Å². The zero-order valence-electron chi connectivity index (χ0n) is 63.0. The molecule has 0 aromatic heterocycles. The molecule has 0 spiro atoms. The number of phosphoric ester groups is 2. The molecule has 0 amide bonds. The van der Waals surface area contributed by atoms with Gasteiger partial charge in [-0.1, -0.05) is 315 Å². The average molecular weight is 1430 g/mol. The van der Waals surface area contributed by atoms with Crippen molar-refractivity contribution in [3.63, 3.8) is 0 Å². The van der Waals surface area contributed by atoms with Crippen molar-refractivity contribution < 1.29 is 80.2 Å². The Balaban J connectivity index is 5.31. The van der Waals surface area contributed by atoms with Gasteiger partial charge in [-0.25, -0.2) is 9.13 Å². The van der Waals surface area contributed by atoms with Crippen molar-refractivity contribution in [3.05, 3.63) is 36.5 Å². The molecule has 0 aromatic rings. The molecule has 98 heavy (non-hydrogen) atoms. The van der Waals surface area contributed by atoms with Crippen LogP contribution in [0.5, 0.6) is 0 Å². The molecule has 576 valence electrons. The molecule has 2 unspecified atom stereocenters. The highest BCUT2D eigenvalue weighted by Gasteiger charge is 2.30. The molecule has 0 aliphatic heterocycles. The summed E-state index contributed by atoms with van der Waals surface area (Å²) in [4.78, 5) is 72.9. The first-order chi connectivity index (χ1) is 47.7. The van der Waals surface area contributed by atoms with Gasteiger partial charge in [0.15, 0.2) is 12.2 Å². The molecule has 0 saturated heterocycles. The van der Waals surface area contributed by atoms with E-state index < -0.39 is 97.5 Å². The smallest absolute Gasteiger partial charge is 0.462 e.